The second-order valence-electron chi connectivity index (χ2n) is 6.01. The van der Waals surface area contributed by atoms with Crippen LogP contribution >= 0.6 is 23.1 Å². The maximum absolute atomic E-state index is 13.7. The van der Waals surface area contributed by atoms with Gasteiger partial charge in [0.05, 0.1) is 9.57 Å². The normalized spacial score (nSPS) is 26.2. The lowest BCUT2D eigenvalue weighted by atomic mass is 10.2. The van der Waals surface area contributed by atoms with Crippen molar-refractivity contribution in [2.75, 3.05) is 11.1 Å². The number of anilines is 1. The summed E-state index contributed by atoms with van der Waals surface area (Å²) >= 11 is 2.60. The van der Waals surface area contributed by atoms with Crippen molar-refractivity contribution in [3.05, 3.63) is 23.8 Å². The molecule has 4 rings (SSSR count). The largest absolute Gasteiger partial charge is 0.315 e. The summed E-state index contributed by atoms with van der Waals surface area (Å²) < 4.78 is 27.3. The molecule has 2 saturated heterocycles. The summed E-state index contributed by atoms with van der Waals surface area (Å²) in [7, 11) is 0. The average Bonchev–Trinajstić information content (AvgIpc) is 3.13. The average molecular weight is 369 g/mol. The van der Waals surface area contributed by atoms with Gasteiger partial charge in [-0.25, -0.2) is 13.8 Å². The maximum atomic E-state index is 13.7. The Kier molecular flexibility index (Phi) is 3.54. The third kappa shape index (κ3) is 2.37. The first-order valence-electron chi connectivity index (χ1n) is 7.40. The molecule has 0 radical (unpaired) electrons. The molecule has 2 atom stereocenters. The van der Waals surface area contributed by atoms with Crippen LogP contribution in [0, 0.1) is 11.6 Å². The molecule has 2 fully saturated rings. The molecule has 9 heteroatoms. The van der Waals surface area contributed by atoms with E-state index in [1.54, 1.807) is 16.7 Å². The summed E-state index contributed by atoms with van der Waals surface area (Å²) in [6.45, 7) is 1.96. The van der Waals surface area contributed by atoms with Gasteiger partial charge < -0.3 is 10.2 Å². The van der Waals surface area contributed by atoms with Crippen molar-refractivity contribution in [2.24, 2.45) is 0 Å². The van der Waals surface area contributed by atoms with Crippen molar-refractivity contribution in [1.82, 2.24) is 9.88 Å². The molecule has 126 valence electrons. The van der Waals surface area contributed by atoms with E-state index >= 15 is 0 Å². The minimum Gasteiger partial charge on any atom is -0.315 e. The molecule has 1 N–H and O–H groups in total. The number of nitrogens with zero attached hydrogens (tertiary/aromatic N) is 2. The third-order valence-electron chi connectivity index (χ3n) is 4.39. The predicted molar refractivity (Wildman–Crippen MR) is 88.9 cm³/mol. The van der Waals surface area contributed by atoms with Crippen LogP contribution in [0.1, 0.15) is 19.8 Å². The van der Waals surface area contributed by atoms with Gasteiger partial charge in [0.2, 0.25) is 11.8 Å². The number of rotatable bonds is 2. The highest BCUT2D eigenvalue weighted by Crippen LogP contribution is 2.47. The molecule has 2 aromatic rings. The summed E-state index contributed by atoms with van der Waals surface area (Å²) in [6, 6.07) is 1.37. The van der Waals surface area contributed by atoms with Crippen molar-refractivity contribution in [3.63, 3.8) is 0 Å². The fraction of sp³-hybridized carbons (Fsp3) is 0.400. The number of hydrogen-bond donors (Lipinski definition) is 1. The van der Waals surface area contributed by atoms with Crippen molar-refractivity contribution < 1.29 is 18.4 Å². The molecular formula is C15H13F2N3O2S2. The number of thiazole rings is 1. The molecule has 24 heavy (non-hydrogen) atoms. The van der Waals surface area contributed by atoms with Gasteiger partial charge in [0.25, 0.3) is 0 Å². The first-order valence-corrected chi connectivity index (χ1v) is 9.20. The molecular weight excluding hydrogens is 356 g/mol. The molecule has 1 aromatic carbocycles. The Hall–Kier alpha value is -1.74. The summed E-state index contributed by atoms with van der Waals surface area (Å²) in [5.41, 5.74) is 0.0274. The molecule has 2 aliphatic rings. The van der Waals surface area contributed by atoms with Crippen molar-refractivity contribution in [3.8, 4) is 0 Å². The van der Waals surface area contributed by atoms with E-state index in [0.29, 0.717) is 16.9 Å². The number of aromatic nitrogens is 1. The van der Waals surface area contributed by atoms with E-state index in [9.17, 15) is 18.4 Å². The molecule has 2 amide bonds. The molecule has 1 aromatic heterocycles. The number of amides is 2. The number of carbonyl (C=O) groups excluding carboxylic acids is 2. The van der Waals surface area contributed by atoms with Gasteiger partial charge in [0.1, 0.15) is 17.4 Å². The van der Waals surface area contributed by atoms with E-state index < -0.39 is 17.7 Å². The van der Waals surface area contributed by atoms with Gasteiger partial charge in [-0.1, -0.05) is 11.3 Å². The molecule has 0 unspecified atom stereocenters. The Labute approximate surface area is 144 Å². The summed E-state index contributed by atoms with van der Waals surface area (Å²) in [5, 5.41) is 2.84. The fourth-order valence-corrected chi connectivity index (χ4v) is 5.55. The quantitative estimate of drug-likeness (QED) is 0.884. The summed E-state index contributed by atoms with van der Waals surface area (Å²) in [5.74, 6) is -1.31. The van der Waals surface area contributed by atoms with Crippen LogP contribution in [0.2, 0.25) is 0 Å². The third-order valence-corrected chi connectivity index (χ3v) is 6.81. The van der Waals surface area contributed by atoms with E-state index in [1.807, 2.05) is 6.92 Å². The Balaban J connectivity index is 1.59. The molecule has 0 aliphatic carbocycles. The van der Waals surface area contributed by atoms with Gasteiger partial charge in [-0.05, 0) is 19.4 Å². The highest BCUT2D eigenvalue weighted by atomic mass is 32.2. The number of nitrogens with one attached hydrogen (secondary N) is 1. The number of hydrogen-bond acceptors (Lipinski definition) is 5. The van der Waals surface area contributed by atoms with Gasteiger partial charge in [-0.2, -0.15) is 0 Å². The number of thioether (sulfide) groups is 1. The molecule has 2 aliphatic heterocycles. The van der Waals surface area contributed by atoms with Gasteiger partial charge in [-0.3, -0.25) is 9.59 Å². The fourth-order valence-electron chi connectivity index (χ4n) is 3.21. The number of halogens is 2. The van der Waals surface area contributed by atoms with Crippen molar-refractivity contribution in [2.45, 2.75) is 30.7 Å². The Morgan fingerprint density at radius 3 is 3.04 bits per heavy atom. The number of fused-ring (bicyclic) bond motifs is 2. The van der Waals surface area contributed by atoms with E-state index in [2.05, 4.69) is 10.3 Å². The van der Waals surface area contributed by atoms with Crippen LogP contribution in [0.3, 0.4) is 0 Å². The van der Waals surface area contributed by atoms with Crippen LogP contribution in [0.5, 0.6) is 0 Å². The lowest BCUT2D eigenvalue weighted by Gasteiger charge is -2.29. The zero-order valence-electron chi connectivity index (χ0n) is 12.6. The summed E-state index contributed by atoms with van der Waals surface area (Å²) in [4.78, 5) is 30.0. The van der Waals surface area contributed by atoms with E-state index in [1.165, 1.54) is 6.07 Å². The first-order chi connectivity index (χ1) is 11.4. The number of carbonyl (C=O) groups is 2. The first kappa shape index (κ1) is 15.8. The van der Waals surface area contributed by atoms with Gasteiger partial charge in [-0.15, -0.1) is 11.8 Å². The van der Waals surface area contributed by atoms with Crippen LogP contribution < -0.4 is 5.32 Å². The second-order valence-corrected chi connectivity index (χ2v) is 8.54. The topological polar surface area (TPSA) is 62.3 Å². The molecule has 3 heterocycles. The second kappa shape index (κ2) is 5.38. The highest BCUT2D eigenvalue weighted by Gasteiger charge is 2.52. The van der Waals surface area contributed by atoms with Crippen LogP contribution in [0.25, 0.3) is 10.2 Å². The van der Waals surface area contributed by atoms with Crippen LogP contribution in [-0.4, -0.2) is 38.4 Å². The molecule has 5 nitrogen and oxygen atoms in total. The zero-order chi connectivity index (χ0) is 17.1. The van der Waals surface area contributed by atoms with E-state index in [0.717, 1.165) is 23.8 Å². The minimum atomic E-state index is -0.763. The van der Waals surface area contributed by atoms with Gasteiger partial charge >= 0.3 is 0 Å². The molecule has 0 saturated carbocycles. The zero-order valence-corrected chi connectivity index (χ0v) is 14.3. The predicted octanol–water partition coefficient (Wildman–Crippen LogP) is 2.97. The van der Waals surface area contributed by atoms with Crippen molar-refractivity contribution in [1.29, 1.82) is 0 Å². The lowest BCUT2D eigenvalue weighted by Crippen LogP contribution is -2.48. The van der Waals surface area contributed by atoms with Crippen molar-refractivity contribution >= 4 is 50.3 Å². The Morgan fingerprint density at radius 2 is 2.25 bits per heavy atom. The van der Waals surface area contributed by atoms with Crippen LogP contribution in [0.4, 0.5) is 13.9 Å². The van der Waals surface area contributed by atoms with Crippen LogP contribution in [0.15, 0.2) is 12.1 Å². The SMILES string of the molecule is C[C@@]12CCC(=O)N1[C@H](C(=O)Nc1nc3c(F)cc(F)cc3s1)CS2. The Bertz CT molecular complexity index is 872. The monoisotopic (exact) mass is 369 g/mol. The summed E-state index contributed by atoms with van der Waals surface area (Å²) in [6.07, 6.45) is 1.17. The highest BCUT2D eigenvalue weighted by molar-refractivity contribution is 8.01. The Morgan fingerprint density at radius 1 is 1.46 bits per heavy atom. The standard InChI is InChI=1S/C15H13F2N3O2S2/c1-15-3-2-11(21)20(15)9(6-23-15)13(22)19-14-18-12-8(17)4-7(16)5-10(12)24-14/h4-5,9H,2-3,6H2,1H3,(H,18,19,22)/t9-,15+/m0/s1. The van der Waals surface area contributed by atoms with Gasteiger partial charge in [0, 0.05) is 18.2 Å². The van der Waals surface area contributed by atoms with Gasteiger partial charge in [0.15, 0.2) is 10.9 Å². The lowest BCUT2D eigenvalue weighted by molar-refractivity contribution is -0.135. The van der Waals surface area contributed by atoms with E-state index in [-0.39, 0.29) is 27.3 Å². The van der Waals surface area contributed by atoms with Crippen LogP contribution in [-0.2, 0) is 9.59 Å². The molecule has 0 bridgehead atoms. The molecule has 0 spiro atoms. The number of benzene rings is 1. The van der Waals surface area contributed by atoms with E-state index in [4.69, 9.17) is 0 Å². The maximum Gasteiger partial charge on any atom is 0.249 e. The minimum absolute atomic E-state index is 0.0274. The smallest absolute Gasteiger partial charge is 0.249 e.